The lowest BCUT2D eigenvalue weighted by molar-refractivity contribution is 0.0693. The van der Waals surface area contributed by atoms with Gasteiger partial charge < -0.3 is 15.6 Å². The van der Waals surface area contributed by atoms with Gasteiger partial charge in [-0.1, -0.05) is 0 Å². The number of hydrogen-bond donors (Lipinski definition) is 2. The zero-order valence-corrected chi connectivity index (χ0v) is 9.32. The number of hydrogen-bond acceptors (Lipinski definition) is 3. The molecule has 5 heteroatoms. The van der Waals surface area contributed by atoms with Crippen molar-refractivity contribution in [1.82, 2.24) is 0 Å². The number of rotatable bonds is 1. The van der Waals surface area contributed by atoms with E-state index in [2.05, 4.69) is 22.6 Å². The molecule has 1 aliphatic rings. The highest BCUT2D eigenvalue weighted by Gasteiger charge is 2.26. The summed E-state index contributed by atoms with van der Waals surface area (Å²) in [5.74, 6) is -0.556. The first-order valence-electron chi connectivity index (χ1n) is 4.04. The summed E-state index contributed by atoms with van der Waals surface area (Å²) in [5.41, 5.74) is 6.74. The third kappa shape index (κ3) is 1.46. The molecule has 1 atom stereocenters. The molecule has 0 fully saturated rings. The van der Waals surface area contributed by atoms with E-state index in [0.29, 0.717) is 12.4 Å². The van der Waals surface area contributed by atoms with Crippen LogP contribution in [0, 0.1) is 3.57 Å². The van der Waals surface area contributed by atoms with Gasteiger partial charge in [0, 0.05) is 9.13 Å². The highest BCUT2D eigenvalue weighted by molar-refractivity contribution is 14.1. The fourth-order valence-corrected chi connectivity index (χ4v) is 2.12. The van der Waals surface area contributed by atoms with Gasteiger partial charge in [-0.3, -0.25) is 0 Å². The highest BCUT2D eigenvalue weighted by Crippen LogP contribution is 2.35. The molecule has 0 saturated heterocycles. The molecule has 0 unspecified atom stereocenters. The second-order valence-electron chi connectivity index (χ2n) is 3.09. The van der Waals surface area contributed by atoms with Crippen molar-refractivity contribution in [2.24, 2.45) is 5.73 Å². The van der Waals surface area contributed by atoms with Gasteiger partial charge in [0.25, 0.3) is 0 Å². The summed E-state index contributed by atoms with van der Waals surface area (Å²) in [6.07, 6.45) is 0. The summed E-state index contributed by atoms with van der Waals surface area (Å²) in [4.78, 5) is 10.9. The number of carboxylic acids is 1. The van der Waals surface area contributed by atoms with Gasteiger partial charge in [-0.05, 0) is 34.7 Å². The predicted octanol–water partition coefficient (Wildman–Crippen LogP) is 1.38. The summed E-state index contributed by atoms with van der Waals surface area (Å²) in [6, 6.07) is 3.23. The Hall–Kier alpha value is -0.820. The van der Waals surface area contributed by atoms with Crippen LogP contribution in [0.25, 0.3) is 0 Å². The van der Waals surface area contributed by atoms with E-state index in [4.69, 9.17) is 15.6 Å². The first-order chi connectivity index (χ1) is 6.59. The maximum atomic E-state index is 10.9. The van der Waals surface area contributed by atoms with Gasteiger partial charge in [-0.2, -0.15) is 0 Å². The van der Waals surface area contributed by atoms with E-state index >= 15 is 0 Å². The molecule has 0 spiro atoms. The van der Waals surface area contributed by atoms with Crippen LogP contribution in [0.4, 0.5) is 0 Å². The lowest BCUT2D eigenvalue weighted by Gasteiger charge is -2.05. The minimum Gasteiger partial charge on any atom is -0.490 e. The van der Waals surface area contributed by atoms with Gasteiger partial charge >= 0.3 is 5.97 Å². The predicted molar refractivity (Wildman–Crippen MR) is 58.5 cm³/mol. The van der Waals surface area contributed by atoms with E-state index in [1.54, 1.807) is 6.07 Å². The number of fused-ring (bicyclic) bond motifs is 1. The van der Waals surface area contributed by atoms with Gasteiger partial charge in [0.05, 0.1) is 6.04 Å². The average Bonchev–Trinajstić information content (AvgIpc) is 2.47. The van der Waals surface area contributed by atoms with E-state index in [-0.39, 0.29) is 11.6 Å². The fraction of sp³-hybridized carbons (Fsp3) is 0.222. The molecule has 2 rings (SSSR count). The van der Waals surface area contributed by atoms with Crippen molar-refractivity contribution in [2.75, 3.05) is 6.61 Å². The first kappa shape index (κ1) is 9.72. The molecule has 0 radical (unpaired) electrons. The van der Waals surface area contributed by atoms with Gasteiger partial charge in [-0.25, -0.2) is 4.79 Å². The largest absolute Gasteiger partial charge is 0.490 e. The van der Waals surface area contributed by atoms with Crippen LogP contribution in [0.5, 0.6) is 5.75 Å². The minimum absolute atomic E-state index is 0.194. The van der Waals surface area contributed by atoms with Crippen LogP contribution in [0.3, 0.4) is 0 Å². The lowest BCUT2D eigenvalue weighted by atomic mass is 10.1. The number of carboxylic acid groups (broad SMARTS) is 1. The number of aromatic carboxylic acids is 1. The molecular formula is C9H8INO3. The Bertz CT molecular complexity index is 405. The normalized spacial score (nSPS) is 18.9. The van der Waals surface area contributed by atoms with Crippen molar-refractivity contribution < 1.29 is 14.6 Å². The monoisotopic (exact) mass is 305 g/mol. The van der Waals surface area contributed by atoms with Crippen LogP contribution < -0.4 is 10.5 Å². The van der Waals surface area contributed by atoms with Crippen LogP contribution in [0.15, 0.2) is 12.1 Å². The third-order valence-corrected chi connectivity index (χ3v) is 2.74. The van der Waals surface area contributed by atoms with E-state index < -0.39 is 5.97 Å². The van der Waals surface area contributed by atoms with Crippen LogP contribution in [-0.4, -0.2) is 17.7 Å². The van der Waals surface area contributed by atoms with Crippen LogP contribution >= 0.6 is 22.6 Å². The van der Waals surface area contributed by atoms with Gasteiger partial charge in [0.15, 0.2) is 0 Å². The average molecular weight is 305 g/mol. The van der Waals surface area contributed by atoms with Crippen LogP contribution in [0.2, 0.25) is 0 Å². The van der Waals surface area contributed by atoms with Gasteiger partial charge in [0.2, 0.25) is 0 Å². The Balaban J connectivity index is 2.63. The van der Waals surface area contributed by atoms with Crippen molar-refractivity contribution in [2.45, 2.75) is 6.04 Å². The fourth-order valence-electron chi connectivity index (χ4n) is 1.47. The van der Waals surface area contributed by atoms with Crippen molar-refractivity contribution in [1.29, 1.82) is 0 Å². The topological polar surface area (TPSA) is 72.5 Å². The smallest absolute Gasteiger partial charge is 0.339 e. The molecule has 0 saturated carbocycles. The number of benzene rings is 1. The maximum absolute atomic E-state index is 10.9. The van der Waals surface area contributed by atoms with Gasteiger partial charge in [-0.15, -0.1) is 0 Å². The number of nitrogens with two attached hydrogens (primary N) is 1. The summed E-state index contributed by atoms with van der Waals surface area (Å²) >= 11 is 2.07. The van der Waals surface area contributed by atoms with E-state index in [0.717, 1.165) is 9.13 Å². The molecule has 1 aromatic rings. The van der Waals surface area contributed by atoms with E-state index in [9.17, 15) is 4.79 Å². The van der Waals surface area contributed by atoms with Gasteiger partial charge in [0.1, 0.15) is 17.9 Å². The Labute approximate surface area is 94.2 Å². The third-order valence-electron chi connectivity index (χ3n) is 2.12. The second-order valence-corrected chi connectivity index (χ2v) is 4.34. The molecule has 1 aliphatic heterocycles. The summed E-state index contributed by atoms with van der Waals surface area (Å²) in [7, 11) is 0. The Morgan fingerprint density at radius 1 is 1.64 bits per heavy atom. The summed E-state index contributed by atoms with van der Waals surface area (Å²) in [5, 5.41) is 8.94. The Kier molecular flexibility index (Phi) is 2.36. The molecule has 4 nitrogen and oxygen atoms in total. The molecule has 0 amide bonds. The number of ether oxygens (including phenoxy) is 1. The second kappa shape index (κ2) is 3.39. The zero-order chi connectivity index (χ0) is 10.3. The van der Waals surface area contributed by atoms with Crippen molar-refractivity contribution in [3.8, 4) is 5.75 Å². The Morgan fingerprint density at radius 3 is 3.00 bits per heavy atom. The molecular weight excluding hydrogens is 297 g/mol. The molecule has 0 bridgehead atoms. The Morgan fingerprint density at radius 2 is 2.36 bits per heavy atom. The van der Waals surface area contributed by atoms with Crippen LogP contribution in [0.1, 0.15) is 22.0 Å². The molecule has 0 aromatic heterocycles. The van der Waals surface area contributed by atoms with E-state index in [1.807, 2.05) is 6.07 Å². The van der Waals surface area contributed by atoms with Crippen molar-refractivity contribution in [3.05, 3.63) is 26.8 Å². The van der Waals surface area contributed by atoms with E-state index in [1.165, 1.54) is 0 Å². The molecule has 0 aliphatic carbocycles. The van der Waals surface area contributed by atoms with Crippen molar-refractivity contribution in [3.63, 3.8) is 0 Å². The first-order valence-corrected chi connectivity index (χ1v) is 5.12. The molecule has 74 valence electrons. The van der Waals surface area contributed by atoms with Crippen LogP contribution in [-0.2, 0) is 0 Å². The number of halogens is 1. The summed E-state index contributed by atoms with van der Waals surface area (Å²) < 4.78 is 6.11. The highest BCUT2D eigenvalue weighted by atomic mass is 127. The molecule has 1 heterocycles. The quantitative estimate of drug-likeness (QED) is 0.769. The van der Waals surface area contributed by atoms with Crippen molar-refractivity contribution >= 4 is 28.6 Å². The SMILES string of the molecule is N[C@@H]1COc2c(C(=O)O)cc(I)cc21. The molecule has 3 N–H and O–H groups in total. The summed E-state index contributed by atoms with van der Waals surface area (Å²) in [6.45, 7) is 0.357. The zero-order valence-electron chi connectivity index (χ0n) is 7.16. The maximum Gasteiger partial charge on any atom is 0.339 e. The minimum atomic E-state index is -0.978. The number of carbonyl (C=O) groups is 1. The lowest BCUT2D eigenvalue weighted by Crippen LogP contribution is -2.10. The molecule has 14 heavy (non-hydrogen) atoms. The standard InChI is InChI=1S/C9H8INO3/c10-4-1-5-7(11)3-14-8(5)6(2-4)9(12)13/h1-2,7H,3,11H2,(H,12,13)/t7-/m1/s1. The molecule has 1 aromatic carbocycles.